The first kappa shape index (κ1) is 17.0. The Morgan fingerprint density at radius 1 is 1.20 bits per heavy atom. The molecule has 0 saturated carbocycles. The number of rotatable bonds is 11. The molecule has 0 heterocycles. The van der Waals surface area contributed by atoms with Gasteiger partial charge in [0.25, 0.3) is 0 Å². The van der Waals surface area contributed by atoms with Crippen LogP contribution in [0.1, 0.15) is 18.1 Å². The lowest BCUT2D eigenvalue weighted by molar-refractivity contribution is 0.0236. The van der Waals surface area contributed by atoms with E-state index in [4.69, 9.17) is 14.2 Å². The predicted molar refractivity (Wildman–Crippen MR) is 76.3 cm³/mol. The van der Waals surface area contributed by atoms with Gasteiger partial charge in [-0.1, -0.05) is 12.1 Å². The standard InChI is InChI=1S/C15H24FNO3/c1-17-12-15(13-5-3-6-14(16)11-13)20-8-4-7-19-10-9-18-2/h3,5-6,11,15,17H,4,7-10,12H2,1-2H3. The zero-order valence-corrected chi connectivity index (χ0v) is 12.2. The molecule has 0 spiro atoms. The highest BCUT2D eigenvalue weighted by molar-refractivity contribution is 5.19. The van der Waals surface area contributed by atoms with Gasteiger partial charge >= 0.3 is 0 Å². The van der Waals surface area contributed by atoms with Gasteiger partial charge in [0, 0.05) is 26.9 Å². The van der Waals surface area contributed by atoms with Gasteiger partial charge in [-0.2, -0.15) is 0 Å². The SMILES string of the molecule is CNCC(OCCCOCCOC)c1cccc(F)c1. The fourth-order valence-corrected chi connectivity index (χ4v) is 1.80. The highest BCUT2D eigenvalue weighted by atomic mass is 19.1. The molecule has 1 aromatic rings. The number of hydrogen-bond donors (Lipinski definition) is 1. The molecule has 1 N–H and O–H groups in total. The van der Waals surface area contributed by atoms with Gasteiger partial charge in [0.2, 0.25) is 0 Å². The molecule has 20 heavy (non-hydrogen) atoms. The second-order valence-electron chi connectivity index (χ2n) is 4.43. The number of halogens is 1. The lowest BCUT2D eigenvalue weighted by Crippen LogP contribution is -2.20. The maximum absolute atomic E-state index is 13.2. The van der Waals surface area contributed by atoms with Crippen LogP contribution in [0.2, 0.25) is 0 Å². The highest BCUT2D eigenvalue weighted by Crippen LogP contribution is 2.17. The number of benzene rings is 1. The topological polar surface area (TPSA) is 39.7 Å². The molecule has 114 valence electrons. The summed E-state index contributed by atoms with van der Waals surface area (Å²) in [6.45, 7) is 3.06. The van der Waals surface area contributed by atoms with Crippen molar-refractivity contribution in [2.75, 3.05) is 47.1 Å². The summed E-state index contributed by atoms with van der Waals surface area (Å²) in [6, 6.07) is 6.52. The second-order valence-corrected chi connectivity index (χ2v) is 4.43. The Kier molecular flexibility index (Phi) is 9.15. The van der Waals surface area contributed by atoms with E-state index in [0.717, 1.165) is 12.0 Å². The first-order chi connectivity index (χ1) is 9.77. The minimum Gasteiger partial charge on any atom is -0.382 e. The molecule has 1 aromatic carbocycles. The lowest BCUT2D eigenvalue weighted by atomic mass is 10.1. The van der Waals surface area contributed by atoms with Crippen molar-refractivity contribution in [1.82, 2.24) is 5.32 Å². The van der Waals surface area contributed by atoms with Gasteiger partial charge in [0.15, 0.2) is 0 Å². The molecule has 1 unspecified atom stereocenters. The molecule has 1 atom stereocenters. The van der Waals surface area contributed by atoms with E-state index in [0.29, 0.717) is 33.0 Å². The molecule has 0 amide bonds. The van der Waals surface area contributed by atoms with Crippen LogP contribution in [0.3, 0.4) is 0 Å². The van der Waals surface area contributed by atoms with Crippen molar-refractivity contribution in [3.63, 3.8) is 0 Å². The van der Waals surface area contributed by atoms with Crippen molar-refractivity contribution in [2.24, 2.45) is 0 Å². The van der Waals surface area contributed by atoms with E-state index in [1.165, 1.54) is 12.1 Å². The predicted octanol–water partition coefficient (Wildman–Crippen LogP) is 2.16. The lowest BCUT2D eigenvalue weighted by Gasteiger charge is -2.18. The zero-order chi connectivity index (χ0) is 14.6. The maximum atomic E-state index is 13.2. The van der Waals surface area contributed by atoms with Crippen molar-refractivity contribution in [3.05, 3.63) is 35.6 Å². The monoisotopic (exact) mass is 285 g/mol. The maximum Gasteiger partial charge on any atom is 0.123 e. The first-order valence-electron chi connectivity index (χ1n) is 6.86. The molecule has 0 aliphatic heterocycles. The molecule has 0 aliphatic carbocycles. The quantitative estimate of drug-likeness (QED) is 0.632. The van der Waals surface area contributed by atoms with Crippen LogP contribution in [0.5, 0.6) is 0 Å². The van der Waals surface area contributed by atoms with Crippen molar-refractivity contribution >= 4 is 0 Å². The number of likely N-dealkylation sites (N-methyl/N-ethyl adjacent to an activating group) is 1. The molecule has 1 rings (SSSR count). The summed E-state index contributed by atoms with van der Waals surface area (Å²) in [4.78, 5) is 0. The second kappa shape index (κ2) is 10.7. The Bertz CT molecular complexity index is 363. The van der Waals surface area contributed by atoms with Gasteiger partial charge in [-0.3, -0.25) is 0 Å². The van der Waals surface area contributed by atoms with Gasteiger partial charge in [-0.15, -0.1) is 0 Å². The van der Waals surface area contributed by atoms with Crippen molar-refractivity contribution in [3.8, 4) is 0 Å². The summed E-state index contributed by atoms with van der Waals surface area (Å²) in [7, 11) is 3.50. The largest absolute Gasteiger partial charge is 0.382 e. The Morgan fingerprint density at radius 2 is 2.05 bits per heavy atom. The van der Waals surface area contributed by atoms with Crippen LogP contribution in [0, 0.1) is 5.82 Å². The fraction of sp³-hybridized carbons (Fsp3) is 0.600. The Labute approximate surface area is 120 Å². The Morgan fingerprint density at radius 3 is 2.75 bits per heavy atom. The fourth-order valence-electron chi connectivity index (χ4n) is 1.80. The molecule has 0 fully saturated rings. The Hall–Kier alpha value is -1.01. The highest BCUT2D eigenvalue weighted by Gasteiger charge is 2.11. The van der Waals surface area contributed by atoms with E-state index in [1.54, 1.807) is 13.2 Å². The van der Waals surface area contributed by atoms with Crippen molar-refractivity contribution in [2.45, 2.75) is 12.5 Å². The summed E-state index contributed by atoms with van der Waals surface area (Å²) < 4.78 is 29.3. The van der Waals surface area contributed by atoms with Crippen molar-refractivity contribution in [1.29, 1.82) is 0 Å². The van der Waals surface area contributed by atoms with Gasteiger partial charge in [-0.25, -0.2) is 4.39 Å². The van der Waals surface area contributed by atoms with E-state index in [2.05, 4.69) is 5.32 Å². The normalized spacial score (nSPS) is 12.6. The average molecular weight is 285 g/mol. The zero-order valence-electron chi connectivity index (χ0n) is 12.2. The Balaban J connectivity index is 2.29. The third-order valence-electron chi connectivity index (χ3n) is 2.79. The van der Waals surface area contributed by atoms with Crippen LogP contribution < -0.4 is 5.32 Å². The average Bonchev–Trinajstić information content (AvgIpc) is 2.45. The van der Waals surface area contributed by atoms with Crippen LogP contribution >= 0.6 is 0 Å². The third kappa shape index (κ3) is 6.96. The summed E-state index contributed by atoms with van der Waals surface area (Å²) in [5.41, 5.74) is 0.847. The molecule has 0 radical (unpaired) electrons. The molecule has 5 heteroatoms. The molecule has 0 saturated heterocycles. The summed E-state index contributed by atoms with van der Waals surface area (Å²) >= 11 is 0. The molecular weight excluding hydrogens is 261 g/mol. The van der Waals surface area contributed by atoms with E-state index in [1.807, 2.05) is 13.1 Å². The van der Waals surface area contributed by atoms with Gasteiger partial charge in [0.05, 0.1) is 19.3 Å². The van der Waals surface area contributed by atoms with Crippen molar-refractivity contribution < 1.29 is 18.6 Å². The van der Waals surface area contributed by atoms with E-state index in [9.17, 15) is 4.39 Å². The van der Waals surface area contributed by atoms with Crippen LogP contribution in [0.15, 0.2) is 24.3 Å². The molecule has 4 nitrogen and oxygen atoms in total. The summed E-state index contributed by atoms with van der Waals surface area (Å²) in [5, 5.41) is 3.06. The van der Waals surface area contributed by atoms with Gasteiger partial charge in [-0.05, 0) is 31.2 Å². The number of methoxy groups -OCH3 is 1. The molecular formula is C15H24FNO3. The van der Waals surface area contributed by atoms with Crippen LogP contribution in [0.4, 0.5) is 4.39 Å². The number of hydrogen-bond acceptors (Lipinski definition) is 4. The minimum atomic E-state index is -0.241. The van der Waals surface area contributed by atoms with Crippen LogP contribution in [-0.4, -0.2) is 47.1 Å². The van der Waals surface area contributed by atoms with Gasteiger partial charge in [0.1, 0.15) is 5.82 Å². The van der Waals surface area contributed by atoms with E-state index >= 15 is 0 Å². The molecule has 0 aromatic heterocycles. The smallest absolute Gasteiger partial charge is 0.123 e. The first-order valence-corrected chi connectivity index (χ1v) is 6.86. The minimum absolute atomic E-state index is 0.144. The summed E-state index contributed by atoms with van der Waals surface area (Å²) in [5.74, 6) is -0.241. The molecule has 0 bridgehead atoms. The molecule has 0 aliphatic rings. The summed E-state index contributed by atoms with van der Waals surface area (Å²) in [6.07, 6.45) is 0.661. The number of ether oxygens (including phenoxy) is 3. The third-order valence-corrected chi connectivity index (χ3v) is 2.79. The van der Waals surface area contributed by atoms with E-state index < -0.39 is 0 Å². The van der Waals surface area contributed by atoms with Crippen LogP contribution in [0.25, 0.3) is 0 Å². The van der Waals surface area contributed by atoms with Gasteiger partial charge < -0.3 is 19.5 Å². The number of nitrogens with one attached hydrogen (secondary N) is 1. The van der Waals surface area contributed by atoms with E-state index in [-0.39, 0.29) is 11.9 Å². The van der Waals surface area contributed by atoms with Crippen LogP contribution in [-0.2, 0) is 14.2 Å².